The van der Waals surface area contributed by atoms with E-state index < -0.39 is 5.54 Å². The summed E-state index contributed by atoms with van der Waals surface area (Å²) in [4.78, 5) is 14.5. The lowest BCUT2D eigenvalue weighted by Crippen LogP contribution is -2.57. The third-order valence-corrected chi connectivity index (χ3v) is 4.70. The Kier molecular flexibility index (Phi) is 5.08. The molecule has 0 bridgehead atoms. The molecule has 2 aliphatic carbocycles. The minimum Gasteiger partial charge on any atom is -0.368 e. The number of nitrogens with two attached hydrogens (primary N) is 1. The number of carbonyl (C=O) groups excluding carboxylic acids is 1. The van der Waals surface area contributed by atoms with E-state index in [0.29, 0.717) is 12.1 Å². The van der Waals surface area contributed by atoms with Crippen molar-refractivity contribution in [2.45, 2.75) is 89.4 Å². The zero-order valence-electron chi connectivity index (χ0n) is 13.3. The van der Waals surface area contributed by atoms with Gasteiger partial charge in [0.2, 0.25) is 5.91 Å². The van der Waals surface area contributed by atoms with Gasteiger partial charge in [0.15, 0.2) is 0 Å². The normalized spacial score (nSPS) is 23.6. The maximum Gasteiger partial charge on any atom is 0.237 e. The smallest absolute Gasteiger partial charge is 0.237 e. The van der Waals surface area contributed by atoms with Crippen molar-refractivity contribution < 1.29 is 4.79 Å². The highest BCUT2D eigenvalue weighted by Gasteiger charge is 2.41. The van der Waals surface area contributed by atoms with E-state index in [2.05, 4.69) is 24.1 Å². The van der Waals surface area contributed by atoms with Gasteiger partial charge in [0, 0.05) is 18.1 Å². The highest BCUT2D eigenvalue weighted by atomic mass is 16.1. The topological polar surface area (TPSA) is 58.4 Å². The Balaban J connectivity index is 1.94. The molecule has 20 heavy (non-hydrogen) atoms. The molecule has 0 aliphatic heterocycles. The van der Waals surface area contributed by atoms with Crippen LogP contribution >= 0.6 is 0 Å². The Bertz CT molecular complexity index is 339. The molecule has 4 heteroatoms. The van der Waals surface area contributed by atoms with Crippen molar-refractivity contribution in [3.63, 3.8) is 0 Å². The van der Waals surface area contributed by atoms with Gasteiger partial charge in [-0.15, -0.1) is 0 Å². The molecule has 1 amide bonds. The zero-order valence-corrected chi connectivity index (χ0v) is 13.3. The number of amides is 1. The van der Waals surface area contributed by atoms with Crippen molar-refractivity contribution >= 4 is 5.91 Å². The van der Waals surface area contributed by atoms with Gasteiger partial charge in [0.1, 0.15) is 0 Å². The minimum absolute atomic E-state index is 0.206. The van der Waals surface area contributed by atoms with E-state index in [0.717, 1.165) is 19.0 Å². The Morgan fingerprint density at radius 1 is 1.40 bits per heavy atom. The van der Waals surface area contributed by atoms with Crippen molar-refractivity contribution in [2.24, 2.45) is 5.73 Å². The molecule has 2 unspecified atom stereocenters. The number of carbonyl (C=O) groups is 1. The highest BCUT2D eigenvalue weighted by molar-refractivity contribution is 5.84. The summed E-state index contributed by atoms with van der Waals surface area (Å²) in [6.07, 6.45) is 8.28. The summed E-state index contributed by atoms with van der Waals surface area (Å²) >= 11 is 0. The standard InChI is InChI=1S/C16H31N3O/c1-4-5-10-19(14-8-9-14)12(2)11-16(3,15(17)20)18-13-6-7-13/h12-14,18H,4-11H2,1-3H3,(H2,17,20). The molecule has 2 aliphatic rings. The molecule has 0 spiro atoms. The number of hydrogen-bond donors (Lipinski definition) is 2. The van der Waals surface area contributed by atoms with E-state index in [-0.39, 0.29) is 5.91 Å². The number of rotatable bonds is 10. The van der Waals surface area contributed by atoms with Crippen molar-refractivity contribution in [1.82, 2.24) is 10.2 Å². The molecule has 2 atom stereocenters. The van der Waals surface area contributed by atoms with Crippen LogP contribution in [0.4, 0.5) is 0 Å². The number of unbranched alkanes of at least 4 members (excludes halogenated alkanes) is 1. The Hall–Kier alpha value is -0.610. The van der Waals surface area contributed by atoms with Gasteiger partial charge in [-0.3, -0.25) is 9.69 Å². The minimum atomic E-state index is -0.556. The summed E-state index contributed by atoms with van der Waals surface area (Å²) in [6, 6.07) is 1.66. The molecule has 0 aromatic rings. The zero-order chi connectivity index (χ0) is 14.8. The highest BCUT2D eigenvalue weighted by Crippen LogP contribution is 2.32. The van der Waals surface area contributed by atoms with Crippen LogP contribution in [0.1, 0.15) is 65.7 Å². The number of hydrogen-bond acceptors (Lipinski definition) is 3. The summed E-state index contributed by atoms with van der Waals surface area (Å²) in [5, 5.41) is 3.47. The summed E-state index contributed by atoms with van der Waals surface area (Å²) in [5.41, 5.74) is 5.11. The van der Waals surface area contributed by atoms with E-state index in [4.69, 9.17) is 5.73 Å². The van der Waals surface area contributed by atoms with Crippen LogP contribution in [0.5, 0.6) is 0 Å². The quantitative estimate of drug-likeness (QED) is 0.644. The molecule has 3 N–H and O–H groups in total. The summed E-state index contributed by atoms with van der Waals surface area (Å²) < 4.78 is 0. The van der Waals surface area contributed by atoms with E-state index >= 15 is 0 Å². The second-order valence-corrected chi connectivity index (χ2v) is 6.99. The first-order valence-corrected chi connectivity index (χ1v) is 8.29. The van der Waals surface area contributed by atoms with Gasteiger partial charge in [-0.1, -0.05) is 13.3 Å². The lowest BCUT2D eigenvalue weighted by molar-refractivity contribution is -0.124. The maximum absolute atomic E-state index is 11.9. The first kappa shape index (κ1) is 15.8. The van der Waals surface area contributed by atoms with E-state index in [9.17, 15) is 4.79 Å². The third kappa shape index (κ3) is 4.19. The van der Waals surface area contributed by atoms with Crippen molar-refractivity contribution in [1.29, 1.82) is 0 Å². The SMILES string of the molecule is CCCCN(C(C)CC(C)(NC1CC1)C(N)=O)C1CC1. The van der Waals surface area contributed by atoms with Crippen molar-refractivity contribution in [3.05, 3.63) is 0 Å². The average molecular weight is 281 g/mol. The summed E-state index contributed by atoms with van der Waals surface area (Å²) in [5.74, 6) is -0.206. The van der Waals surface area contributed by atoms with Gasteiger partial charge in [-0.25, -0.2) is 0 Å². The Morgan fingerprint density at radius 3 is 2.50 bits per heavy atom. The fourth-order valence-electron chi connectivity index (χ4n) is 3.13. The van der Waals surface area contributed by atoms with Crippen molar-refractivity contribution in [2.75, 3.05) is 6.54 Å². The Labute approximate surface area is 123 Å². The number of nitrogens with zero attached hydrogens (tertiary/aromatic N) is 1. The summed E-state index contributed by atoms with van der Waals surface area (Å²) in [7, 11) is 0. The molecule has 0 aromatic carbocycles. The molecule has 0 saturated heterocycles. The Morgan fingerprint density at radius 2 is 2.05 bits per heavy atom. The third-order valence-electron chi connectivity index (χ3n) is 4.70. The number of primary amides is 1. The predicted octanol–water partition coefficient (Wildman–Crippen LogP) is 2.03. The average Bonchev–Trinajstić information content (AvgIpc) is 3.23. The van der Waals surface area contributed by atoms with Crippen LogP contribution in [-0.2, 0) is 4.79 Å². The maximum atomic E-state index is 11.9. The van der Waals surface area contributed by atoms with Gasteiger partial charge in [0.05, 0.1) is 5.54 Å². The monoisotopic (exact) mass is 281 g/mol. The van der Waals surface area contributed by atoms with E-state index in [1.807, 2.05) is 6.92 Å². The second-order valence-electron chi connectivity index (χ2n) is 6.99. The molecule has 0 heterocycles. The fraction of sp³-hybridized carbons (Fsp3) is 0.938. The summed E-state index contributed by atoms with van der Waals surface area (Å²) in [6.45, 7) is 7.62. The van der Waals surface area contributed by atoms with Crippen LogP contribution < -0.4 is 11.1 Å². The van der Waals surface area contributed by atoms with Crippen molar-refractivity contribution in [3.8, 4) is 0 Å². The lowest BCUT2D eigenvalue weighted by atomic mass is 9.91. The molecular weight excluding hydrogens is 250 g/mol. The molecule has 2 rings (SSSR count). The first-order valence-electron chi connectivity index (χ1n) is 8.29. The van der Waals surface area contributed by atoms with Gasteiger partial charge in [-0.2, -0.15) is 0 Å². The molecule has 0 radical (unpaired) electrons. The van der Waals surface area contributed by atoms with Gasteiger partial charge >= 0.3 is 0 Å². The van der Waals surface area contributed by atoms with Crippen LogP contribution in [0, 0.1) is 0 Å². The van der Waals surface area contributed by atoms with Crippen LogP contribution in [-0.4, -0.2) is 41.0 Å². The fourth-order valence-corrected chi connectivity index (χ4v) is 3.13. The molecule has 2 saturated carbocycles. The predicted molar refractivity (Wildman–Crippen MR) is 82.5 cm³/mol. The second kappa shape index (κ2) is 6.44. The lowest BCUT2D eigenvalue weighted by Gasteiger charge is -2.36. The largest absolute Gasteiger partial charge is 0.368 e. The molecule has 116 valence electrons. The van der Waals surface area contributed by atoms with Gasteiger partial charge < -0.3 is 11.1 Å². The first-order chi connectivity index (χ1) is 9.46. The molecular formula is C16H31N3O. The van der Waals surface area contributed by atoms with E-state index in [1.165, 1.54) is 38.5 Å². The van der Waals surface area contributed by atoms with Gasteiger partial charge in [-0.05, 0) is 58.9 Å². The van der Waals surface area contributed by atoms with Gasteiger partial charge in [0.25, 0.3) is 0 Å². The molecule has 0 aromatic heterocycles. The molecule has 4 nitrogen and oxygen atoms in total. The van der Waals surface area contributed by atoms with E-state index in [1.54, 1.807) is 0 Å². The van der Waals surface area contributed by atoms with Crippen LogP contribution in [0.25, 0.3) is 0 Å². The number of nitrogens with one attached hydrogen (secondary N) is 1. The van der Waals surface area contributed by atoms with Crippen LogP contribution in [0.15, 0.2) is 0 Å². The molecule has 2 fully saturated rings. The van der Waals surface area contributed by atoms with Crippen LogP contribution in [0.3, 0.4) is 0 Å². The van der Waals surface area contributed by atoms with Crippen LogP contribution in [0.2, 0.25) is 0 Å².